The first-order valence-electron chi connectivity index (χ1n) is 11.9. The molecule has 3 atom stereocenters. The highest BCUT2D eigenvalue weighted by Gasteiger charge is 2.61. The zero-order valence-electron chi connectivity index (χ0n) is 20.6. The molecule has 7 nitrogen and oxygen atoms in total. The predicted octanol–water partition coefficient (Wildman–Crippen LogP) is 6.68. The first kappa shape index (κ1) is 27.7. The van der Waals surface area contributed by atoms with Crippen molar-refractivity contribution in [3.8, 4) is 17.5 Å². The molecule has 4 rings (SSSR count). The first-order chi connectivity index (χ1) is 17.8. The molecule has 1 unspecified atom stereocenters. The fourth-order valence-electron chi connectivity index (χ4n) is 4.36. The summed E-state index contributed by atoms with van der Waals surface area (Å²) in [5, 5.41) is 7.30. The van der Waals surface area contributed by atoms with Crippen LogP contribution in [0.2, 0.25) is 0 Å². The number of alkyl halides is 6. The lowest BCUT2D eigenvalue weighted by atomic mass is 9.87. The SMILES string of the molecule is CC1CCC[C@@H](C)Oc2nc(c(N)cc2C(F)(F)F)-c2nnc(o2)[C@@](OCc2ccccc2)(C(F)(F)F)C1. The molecule has 3 aromatic rings. The van der Waals surface area contributed by atoms with Crippen molar-refractivity contribution in [2.45, 2.75) is 70.2 Å². The molecular formula is C25H26F6N4O3. The lowest BCUT2D eigenvalue weighted by molar-refractivity contribution is -0.303. The number of aromatic nitrogens is 3. The Labute approximate surface area is 214 Å². The standard InChI is InChI=1S/C25H26F6N4O3/c1-14-7-6-8-15(2)37-20-17(24(26,27)28)11-18(32)19(33-20)21-34-35-22(38-21)23(12-14,25(29,30)31)36-13-16-9-4-3-5-10-16/h3-5,9-11,14-15H,6-8,12-13,32H2,1-2H3/t14?,15-,23-/m1/s1. The number of anilines is 1. The molecule has 0 saturated heterocycles. The Hall–Kier alpha value is -3.35. The molecule has 2 aromatic heterocycles. The van der Waals surface area contributed by atoms with Gasteiger partial charge in [0.1, 0.15) is 5.56 Å². The molecule has 0 fully saturated rings. The average molecular weight is 544 g/mol. The summed E-state index contributed by atoms with van der Waals surface area (Å²) in [5.74, 6) is -2.80. The second kappa shape index (κ2) is 10.4. The maximum atomic E-state index is 14.8. The van der Waals surface area contributed by atoms with Crippen LogP contribution in [0.4, 0.5) is 32.0 Å². The lowest BCUT2D eigenvalue weighted by Gasteiger charge is -2.34. The fourth-order valence-corrected chi connectivity index (χ4v) is 4.36. The summed E-state index contributed by atoms with van der Waals surface area (Å²) in [7, 11) is 0. The van der Waals surface area contributed by atoms with E-state index < -0.39 is 77.6 Å². The van der Waals surface area contributed by atoms with Crippen LogP contribution in [-0.4, -0.2) is 27.5 Å². The molecule has 38 heavy (non-hydrogen) atoms. The van der Waals surface area contributed by atoms with E-state index in [0.717, 1.165) is 0 Å². The van der Waals surface area contributed by atoms with Gasteiger partial charge in [-0.05, 0) is 43.7 Å². The minimum atomic E-state index is -4.97. The van der Waals surface area contributed by atoms with E-state index in [1.807, 2.05) is 0 Å². The number of nitrogens with two attached hydrogens (primary N) is 1. The van der Waals surface area contributed by atoms with Crippen molar-refractivity contribution >= 4 is 5.69 Å². The van der Waals surface area contributed by atoms with Crippen LogP contribution >= 0.6 is 0 Å². The van der Waals surface area contributed by atoms with Gasteiger partial charge in [0, 0.05) is 0 Å². The van der Waals surface area contributed by atoms with E-state index in [0.29, 0.717) is 24.5 Å². The van der Waals surface area contributed by atoms with Crippen LogP contribution < -0.4 is 10.5 Å². The number of nitrogen functional groups attached to an aromatic ring is 1. The van der Waals surface area contributed by atoms with Crippen molar-refractivity contribution in [3.63, 3.8) is 0 Å². The van der Waals surface area contributed by atoms with Crippen LogP contribution in [0.3, 0.4) is 0 Å². The molecule has 0 radical (unpaired) electrons. The quantitative estimate of drug-likeness (QED) is 0.367. The molecule has 0 spiro atoms. The third kappa shape index (κ3) is 5.71. The molecule has 1 aliphatic heterocycles. The van der Waals surface area contributed by atoms with Gasteiger partial charge in [-0.2, -0.15) is 26.3 Å². The number of pyridine rings is 1. The van der Waals surface area contributed by atoms with Gasteiger partial charge in [-0.15, -0.1) is 10.2 Å². The van der Waals surface area contributed by atoms with E-state index in [1.54, 1.807) is 44.2 Å². The molecule has 206 valence electrons. The summed E-state index contributed by atoms with van der Waals surface area (Å²) in [6, 6.07) is 8.87. The third-order valence-electron chi connectivity index (χ3n) is 6.34. The Morgan fingerprint density at radius 2 is 1.76 bits per heavy atom. The van der Waals surface area contributed by atoms with Gasteiger partial charge >= 0.3 is 12.4 Å². The normalized spacial score (nSPS) is 22.9. The van der Waals surface area contributed by atoms with Crippen LogP contribution in [0.1, 0.15) is 56.5 Å². The van der Waals surface area contributed by atoms with E-state index in [-0.39, 0.29) is 6.42 Å². The number of benzene rings is 1. The minimum Gasteiger partial charge on any atom is -0.474 e. The molecule has 1 aliphatic rings. The van der Waals surface area contributed by atoms with Gasteiger partial charge in [-0.25, -0.2) is 4.98 Å². The third-order valence-corrected chi connectivity index (χ3v) is 6.34. The maximum Gasteiger partial charge on any atom is 0.426 e. The molecule has 13 heteroatoms. The van der Waals surface area contributed by atoms with Crippen LogP contribution in [-0.2, 0) is 23.1 Å². The second-order valence-corrected chi connectivity index (χ2v) is 9.46. The number of ether oxygens (including phenoxy) is 2. The molecular weight excluding hydrogens is 518 g/mol. The number of fused-ring (bicyclic) bond motifs is 5. The Morgan fingerprint density at radius 1 is 1.05 bits per heavy atom. The Morgan fingerprint density at radius 3 is 2.42 bits per heavy atom. The highest BCUT2D eigenvalue weighted by atomic mass is 19.4. The van der Waals surface area contributed by atoms with Gasteiger partial charge < -0.3 is 19.6 Å². The Bertz CT molecular complexity index is 1250. The number of rotatable bonds is 3. The molecule has 0 amide bonds. The zero-order chi connectivity index (χ0) is 27.7. The first-order valence-corrected chi connectivity index (χ1v) is 11.9. The van der Waals surface area contributed by atoms with Crippen molar-refractivity contribution in [3.05, 3.63) is 53.4 Å². The zero-order valence-corrected chi connectivity index (χ0v) is 20.6. The van der Waals surface area contributed by atoms with E-state index in [9.17, 15) is 26.3 Å². The van der Waals surface area contributed by atoms with Gasteiger partial charge in [0.05, 0.1) is 18.4 Å². The van der Waals surface area contributed by atoms with E-state index in [4.69, 9.17) is 19.6 Å². The number of hydrogen-bond donors (Lipinski definition) is 1. The maximum absolute atomic E-state index is 14.8. The van der Waals surface area contributed by atoms with Crippen molar-refractivity contribution < 1.29 is 40.2 Å². The summed E-state index contributed by atoms with van der Waals surface area (Å²) in [6.07, 6.45) is -10.1. The average Bonchev–Trinajstić information content (AvgIpc) is 3.31. The van der Waals surface area contributed by atoms with E-state index in [2.05, 4.69) is 15.2 Å². The van der Waals surface area contributed by atoms with Crippen LogP contribution in [0.5, 0.6) is 5.88 Å². The summed E-state index contributed by atoms with van der Waals surface area (Å²) < 4.78 is 102. The summed E-state index contributed by atoms with van der Waals surface area (Å²) in [4.78, 5) is 3.86. The minimum absolute atomic E-state index is 0.283. The van der Waals surface area contributed by atoms with Gasteiger partial charge in [0.15, 0.2) is 5.69 Å². The van der Waals surface area contributed by atoms with Crippen molar-refractivity contribution in [2.24, 2.45) is 5.92 Å². The highest BCUT2D eigenvalue weighted by molar-refractivity contribution is 5.68. The number of nitrogens with zero attached hydrogens (tertiary/aromatic N) is 3. The van der Waals surface area contributed by atoms with E-state index >= 15 is 0 Å². The molecule has 0 aliphatic carbocycles. The molecule has 4 bridgehead atoms. The van der Waals surface area contributed by atoms with Crippen LogP contribution in [0, 0.1) is 5.92 Å². The van der Waals surface area contributed by atoms with Crippen LogP contribution in [0.15, 0.2) is 40.8 Å². The summed E-state index contributed by atoms with van der Waals surface area (Å²) in [5.41, 5.74) is 1.16. The molecule has 0 saturated carbocycles. The fraction of sp³-hybridized carbons (Fsp3) is 0.480. The predicted molar refractivity (Wildman–Crippen MR) is 124 cm³/mol. The van der Waals surface area contributed by atoms with Crippen LogP contribution in [0.25, 0.3) is 11.6 Å². The monoisotopic (exact) mass is 544 g/mol. The molecule has 2 N–H and O–H groups in total. The number of halogens is 6. The topological polar surface area (TPSA) is 96.3 Å². The second-order valence-electron chi connectivity index (χ2n) is 9.46. The van der Waals surface area contributed by atoms with Gasteiger partial charge in [0.2, 0.25) is 11.5 Å². The number of hydrogen-bond acceptors (Lipinski definition) is 7. The van der Waals surface area contributed by atoms with Crippen molar-refractivity contribution in [1.29, 1.82) is 0 Å². The molecule has 3 heterocycles. The summed E-state index contributed by atoms with van der Waals surface area (Å²) >= 11 is 0. The largest absolute Gasteiger partial charge is 0.474 e. The summed E-state index contributed by atoms with van der Waals surface area (Å²) in [6.45, 7) is 2.79. The molecule has 1 aromatic carbocycles. The van der Waals surface area contributed by atoms with Gasteiger partial charge in [-0.1, -0.05) is 43.7 Å². The highest BCUT2D eigenvalue weighted by Crippen LogP contribution is 2.48. The lowest BCUT2D eigenvalue weighted by Crippen LogP contribution is -2.46. The smallest absolute Gasteiger partial charge is 0.426 e. The Kier molecular flexibility index (Phi) is 7.60. The van der Waals surface area contributed by atoms with Gasteiger partial charge in [0.25, 0.3) is 11.8 Å². The Balaban J connectivity index is 1.86. The van der Waals surface area contributed by atoms with E-state index in [1.165, 1.54) is 0 Å². The van der Waals surface area contributed by atoms with Crippen molar-refractivity contribution in [1.82, 2.24) is 15.2 Å². The van der Waals surface area contributed by atoms with Gasteiger partial charge in [-0.3, -0.25) is 0 Å². The van der Waals surface area contributed by atoms with Crippen molar-refractivity contribution in [2.75, 3.05) is 5.73 Å².